The standard InChI is InChI=1S/C7H14F3N3O/c1-5(6(11)13-14)4-12-3-2-7(8,9)10/h5,12,14H,2-4H2,1H3,(H2,11,13). The van der Waals surface area contributed by atoms with Gasteiger partial charge in [-0.3, -0.25) is 0 Å². The summed E-state index contributed by atoms with van der Waals surface area (Å²) in [5.74, 6) is -0.280. The molecular formula is C7H14F3N3O. The van der Waals surface area contributed by atoms with E-state index in [0.717, 1.165) is 0 Å². The molecule has 84 valence electrons. The van der Waals surface area contributed by atoms with Crippen molar-refractivity contribution >= 4 is 5.84 Å². The van der Waals surface area contributed by atoms with E-state index < -0.39 is 12.6 Å². The third-order valence-corrected chi connectivity index (χ3v) is 1.66. The van der Waals surface area contributed by atoms with Crippen LogP contribution in [0.15, 0.2) is 5.16 Å². The number of oxime groups is 1. The van der Waals surface area contributed by atoms with E-state index in [2.05, 4.69) is 10.5 Å². The molecule has 0 aromatic rings. The first-order chi connectivity index (χ1) is 6.37. The molecule has 4 N–H and O–H groups in total. The number of alkyl halides is 3. The van der Waals surface area contributed by atoms with Crippen molar-refractivity contribution in [2.75, 3.05) is 13.1 Å². The number of hydrogen-bond acceptors (Lipinski definition) is 3. The fraction of sp³-hybridized carbons (Fsp3) is 0.857. The van der Waals surface area contributed by atoms with Crippen molar-refractivity contribution in [3.05, 3.63) is 0 Å². The highest BCUT2D eigenvalue weighted by Crippen LogP contribution is 2.18. The first kappa shape index (κ1) is 13.0. The highest BCUT2D eigenvalue weighted by molar-refractivity contribution is 5.82. The lowest BCUT2D eigenvalue weighted by molar-refractivity contribution is -0.133. The quantitative estimate of drug-likeness (QED) is 0.209. The molecule has 1 unspecified atom stereocenters. The molecule has 0 rings (SSSR count). The summed E-state index contributed by atoms with van der Waals surface area (Å²) in [6.45, 7) is 1.74. The molecule has 0 heterocycles. The zero-order valence-corrected chi connectivity index (χ0v) is 7.80. The van der Waals surface area contributed by atoms with E-state index in [-0.39, 0.29) is 24.8 Å². The summed E-state index contributed by atoms with van der Waals surface area (Å²) in [6, 6.07) is 0. The lowest BCUT2D eigenvalue weighted by Gasteiger charge is -2.11. The molecule has 0 saturated carbocycles. The highest BCUT2D eigenvalue weighted by Gasteiger charge is 2.26. The fourth-order valence-electron chi connectivity index (χ4n) is 0.752. The summed E-state index contributed by atoms with van der Waals surface area (Å²) in [5, 5.41) is 13.6. The van der Waals surface area contributed by atoms with Crippen LogP contribution in [0.5, 0.6) is 0 Å². The molecule has 4 nitrogen and oxygen atoms in total. The number of halogens is 3. The van der Waals surface area contributed by atoms with Crippen molar-refractivity contribution in [1.29, 1.82) is 0 Å². The van der Waals surface area contributed by atoms with E-state index in [1.54, 1.807) is 6.92 Å². The first-order valence-electron chi connectivity index (χ1n) is 4.11. The summed E-state index contributed by atoms with van der Waals surface area (Å²) < 4.78 is 35.0. The van der Waals surface area contributed by atoms with Gasteiger partial charge in [0.15, 0.2) is 0 Å². The van der Waals surface area contributed by atoms with Crippen molar-refractivity contribution in [2.45, 2.75) is 19.5 Å². The van der Waals surface area contributed by atoms with Gasteiger partial charge in [0, 0.05) is 19.0 Å². The molecule has 0 aliphatic heterocycles. The number of nitrogens with two attached hydrogens (primary N) is 1. The molecule has 0 spiro atoms. The van der Waals surface area contributed by atoms with Gasteiger partial charge in [-0.1, -0.05) is 12.1 Å². The lowest BCUT2D eigenvalue weighted by Crippen LogP contribution is -2.33. The molecule has 1 atom stereocenters. The van der Waals surface area contributed by atoms with Crippen LogP contribution in [0.3, 0.4) is 0 Å². The molecule has 0 aliphatic carbocycles. The summed E-state index contributed by atoms with van der Waals surface area (Å²) in [4.78, 5) is 0. The Balaban J connectivity index is 3.56. The normalized spacial score (nSPS) is 15.6. The van der Waals surface area contributed by atoms with Crippen LogP contribution in [0.4, 0.5) is 13.2 Å². The third kappa shape index (κ3) is 6.53. The van der Waals surface area contributed by atoms with Crippen molar-refractivity contribution in [2.24, 2.45) is 16.8 Å². The molecule has 0 saturated heterocycles. The van der Waals surface area contributed by atoms with Gasteiger partial charge in [0.2, 0.25) is 0 Å². The minimum atomic E-state index is -4.15. The second kappa shape index (κ2) is 5.69. The smallest absolute Gasteiger partial charge is 0.390 e. The Bertz CT molecular complexity index is 193. The Morgan fingerprint density at radius 2 is 2.14 bits per heavy atom. The fourth-order valence-corrected chi connectivity index (χ4v) is 0.752. The van der Waals surface area contributed by atoms with Crippen LogP contribution in [0.2, 0.25) is 0 Å². The van der Waals surface area contributed by atoms with Crippen LogP contribution in [0.25, 0.3) is 0 Å². The minimum Gasteiger partial charge on any atom is -0.409 e. The van der Waals surface area contributed by atoms with Gasteiger partial charge in [-0.25, -0.2) is 0 Å². The summed E-state index contributed by atoms with van der Waals surface area (Å²) in [5.41, 5.74) is 5.22. The molecular weight excluding hydrogens is 199 g/mol. The van der Waals surface area contributed by atoms with Crippen LogP contribution in [-0.2, 0) is 0 Å². The summed E-state index contributed by atoms with van der Waals surface area (Å²) >= 11 is 0. The maximum absolute atomic E-state index is 11.7. The minimum absolute atomic E-state index is 0.00417. The molecule has 0 radical (unpaired) electrons. The van der Waals surface area contributed by atoms with Gasteiger partial charge >= 0.3 is 6.18 Å². The van der Waals surface area contributed by atoms with E-state index in [1.165, 1.54) is 0 Å². The maximum Gasteiger partial charge on any atom is 0.390 e. The van der Waals surface area contributed by atoms with Gasteiger partial charge in [0.05, 0.1) is 6.42 Å². The topological polar surface area (TPSA) is 70.6 Å². The number of amidine groups is 1. The van der Waals surface area contributed by atoms with Crippen LogP contribution in [0.1, 0.15) is 13.3 Å². The number of rotatable bonds is 5. The predicted molar refractivity (Wildman–Crippen MR) is 46.1 cm³/mol. The van der Waals surface area contributed by atoms with Gasteiger partial charge in [0.25, 0.3) is 0 Å². The largest absolute Gasteiger partial charge is 0.409 e. The van der Waals surface area contributed by atoms with Crippen molar-refractivity contribution in [1.82, 2.24) is 5.32 Å². The zero-order valence-electron chi connectivity index (χ0n) is 7.80. The highest BCUT2D eigenvalue weighted by atomic mass is 19.4. The van der Waals surface area contributed by atoms with Crippen molar-refractivity contribution < 1.29 is 18.4 Å². The lowest BCUT2D eigenvalue weighted by atomic mass is 10.1. The molecule has 0 aliphatic rings. The average molecular weight is 213 g/mol. The first-order valence-corrected chi connectivity index (χ1v) is 4.11. The van der Waals surface area contributed by atoms with Gasteiger partial charge in [-0.2, -0.15) is 13.2 Å². The summed E-state index contributed by atoms with van der Waals surface area (Å²) in [6.07, 6.45) is -5.03. The van der Waals surface area contributed by atoms with Crippen molar-refractivity contribution in [3.63, 3.8) is 0 Å². The van der Waals surface area contributed by atoms with E-state index >= 15 is 0 Å². The average Bonchev–Trinajstić information content (AvgIpc) is 2.09. The van der Waals surface area contributed by atoms with Crippen molar-refractivity contribution in [3.8, 4) is 0 Å². The van der Waals surface area contributed by atoms with Gasteiger partial charge in [-0.05, 0) is 0 Å². The van der Waals surface area contributed by atoms with Gasteiger partial charge < -0.3 is 16.3 Å². The molecule has 0 aromatic carbocycles. The monoisotopic (exact) mass is 213 g/mol. The molecule has 0 bridgehead atoms. The van der Waals surface area contributed by atoms with Crippen LogP contribution in [-0.4, -0.2) is 30.3 Å². The Kier molecular flexibility index (Phi) is 5.29. The number of hydrogen-bond donors (Lipinski definition) is 3. The van der Waals surface area contributed by atoms with Crippen LogP contribution >= 0.6 is 0 Å². The Hall–Kier alpha value is -0.980. The number of nitrogens with zero attached hydrogens (tertiary/aromatic N) is 1. The third-order valence-electron chi connectivity index (χ3n) is 1.66. The summed E-state index contributed by atoms with van der Waals surface area (Å²) in [7, 11) is 0. The predicted octanol–water partition coefficient (Wildman–Crippen LogP) is 0.911. The second-order valence-corrected chi connectivity index (χ2v) is 3.00. The Morgan fingerprint density at radius 1 is 1.57 bits per heavy atom. The van der Waals surface area contributed by atoms with Crippen LogP contribution < -0.4 is 11.1 Å². The van der Waals surface area contributed by atoms with E-state index in [4.69, 9.17) is 10.9 Å². The van der Waals surface area contributed by atoms with Crippen LogP contribution in [0, 0.1) is 5.92 Å². The van der Waals surface area contributed by atoms with E-state index in [1.807, 2.05) is 0 Å². The second-order valence-electron chi connectivity index (χ2n) is 3.00. The van der Waals surface area contributed by atoms with E-state index in [0.29, 0.717) is 0 Å². The Morgan fingerprint density at radius 3 is 2.57 bits per heavy atom. The molecule has 7 heteroatoms. The van der Waals surface area contributed by atoms with Gasteiger partial charge in [-0.15, -0.1) is 0 Å². The maximum atomic E-state index is 11.7. The molecule has 0 amide bonds. The number of nitrogens with one attached hydrogen (secondary N) is 1. The zero-order chi connectivity index (χ0) is 11.2. The van der Waals surface area contributed by atoms with Gasteiger partial charge in [0.1, 0.15) is 5.84 Å². The van der Waals surface area contributed by atoms with E-state index in [9.17, 15) is 13.2 Å². The molecule has 0 fully saturated rings. The molecule has 0 aromatic heterocycles. The Labute approximate surface area is 80.0 Å². The molecule has 14 heavy (non-hydrogen) atoms. The SMILES string of the molecule is CC(CNCCC(F)(F)F)C(N)=NO.